The van der Waals surface area contributed by atoms with Crippen molar-refractivity contribution in [3.05, 3.63) is 59.4 Å². The normalized spacial score (nSPS) is 14.3. The quantitative estimate of drug-likeness (QED) is 0.783. The van der Waals surface area contributed by atoms with Gasteiger partial charge in [0.2, 0.25) is 0 Å². The SMILES string of the molecule is O=C(OCC(=O)N1CCN(c2ccccc2Cl)CC1)c1cccnc1. The summed E-state index contributed by atoms with van der Waals surface area (Å²) in [5.74, 6) is -0.743. The van der Waals surface area contributed by atoms with Crippen molar-refractivity contribution in [3.8, 4) is 0 Å². The molecule has 7 heteroatoms. The molecule has 1 fully saturated rings. The summed E-state index contributed by atoms with van der Waals surface area (Å²) in [5, 5.41) is 0.702. The van der Waals surface area contributed by atoms with E-state index in [1.165, 1.54) is 6.20 Å². The molecule has 25 heavy (non-hydrogen) atoms. The number of carbonyl (C=O) groups excluding carboxylic acids is 2. The van der Waals surface area contributed by atoms with Gasteiger partial charge in [-0.15, -0.1) is 0 Å². The lowest BCUT2D eigenvalue weighted by Gasteiger charge is -2.36. The summed E-state index contributed by atoms with van der Waals surface area (Å²) in [6.07, 6.45) is 2.98. The van der Waals surface area contributed by atoms with E-state index in [1.807, 2.05) is 24.3 Å². The van der Waals surface area contributed by atoms with Crippen LogP contribution in [0.2, 0.25) is 5.02 Å². The largest absolute Gasteiger partial charge is 0.452 e. The number of carbonyl (C=O) groups is 2. The van der Waals surface area contributed by atoms with Gasteiger partial charge < -0.3 is 14.5 Å². The number of esters is 1. The second-order valence-corrected chi connectivity index (χ2v) is 6.04. The van der Waals surface area contributed by atoms with Gasteiger partial charge in [0.05, 0.1) is 16.3 Å². The van der Waals surface area contributed by atoms with Crippen LogP contribution in [0.4, 0.5) is 5.69 Å². The van der Waals surface area contributed by atoms with Crippen molar-refractivity contribution in [2.45, 2.75) is 0 Å². The molecular formula is C18H18ClN3O3. The molecule has 2 aromatic rings. The van der Waals surface area contributed by atoms with Crippen molar-refractivity contribution in [1.29, 1.82) is 0 Å². The van der Waals surface area contributed by atoms with Gasteiger partial charge in [-0.25, -0.2) is 4.79 Å². The smallest absolute Gasteiger partial charge is 0.340 e. The Bertz CT molecular complexity index is 746. The standard InChI is InChI=1S/C18H18ClN3O3/c19-15-5-1-2-6-16(15)21-8-10-22(11-9-21)17(23)13-25-18(24)14-4-3-7-20-12-14/h1-7,12H,8-11,13H2. The number of hydrogen-bond donors (Lipinski definition) is 0. The summed E-state index contributed by atoms with van der Waals surface area (Å²) in [6.45, 7) is 2.24. The summed E-state index contributed by atoms with van der Waals surface area (Å²) in [4.78, 5) is 31.8. The van der Waals surface area contributed by atoms with Gasteiger partial charge in [0.25, 0.3) is 5.91 Å². The highest BCUT2D eigenvalue weighted by Crippen LogP contribution is 2.25. The predicted octanol–water partition coefficient (Wildman–Crippen LogP) is 2.24. The van der Waals surface area contributed by atoms with Crippen LogP contribution in [-0.4, -0.2) is 54.5 Å². The molecule has 0 N–H and O–H groups in total. The highest BCUT2D eigenvalue weighted by atomic mass is 35.5. The number of piperazine rings is 1. The van der Waals surface area contributed by atoms with Gasteiger partial charge in [-0.05, 0) is 24.3 Å². The Balaban J connectivity index is 1.49. The number of hydrogen-bond acceptors (Lipinski definition) is 5. The molecule has 3 rings (SSSR count). The van der Waals surface area contributed by atoms with Crippen molar-refractivity contribution in [3.63, 3.8) is 0 Å². The van der Waals surface area contributed by atoms with Gasteiger partial charge in [-0.3, -0.25) is 9.78 Å². The van der Waals surface area contributed by atoms with Crippen LogP contribution in [0.15, 0.2) is 48.8 Å². The van der Waals surface area contributed by atoms with E-state index in [-0.39, 0.29) is 12.5 Å². The van der Waals surface area contributed by atoms with E-state index in [9.17, 15) is 9.59 Å². The molecule has 2 heterocycles. The Kier molecular flexibility index (Phi) is 5.50. The van der Waals surface area contributed by atoms with E-state index < -0.39 is 5.97 Å². The van der Waals surface area contributed by atoms with Gasteiger partial charge in [-0.2, -0.15) is 0 Å². The summed E-state index contributed by atoms with van der Waals surface area (Å²) in [7, 11) is 0. The summed E-state index contributed by atoms with van der Waals surface area (Å²) in [5.41, 5.74) is 1.30. The zero-order valence-electron chi connectivity index (χ0n) is 13.6. The number of aromatic nitrogens is 1. The minimum absolute atomic E-state index is 0.198. The number of halogens is 1. The molecule has 0 saturated carbocycles. The number of nitrogens with zero attached hydrogens (tertiary/aromatic N) is 3. The highest BCUT2D eigenvalue weighted by molar-refractivity contribution is 6.33. The molecular weight excluding hydrogens is 342 g/mol. The first kappa shape index (κ1) is 17.2. The fourth-order valence-electron chi connectivity index (χ4n) is 2.69. The molecule has 1 aromatic carbocycles. The Hall–Kier alpha value is -2.60. The van der Waals surface area contributed by atoms with Crippen LogP contribution in [0.1, 0.15) is 10.4 Å². The molecule has 0 radical (unpaired) electrons. The zero-order chi connectivity index (χ0) is 17.6. The minimum atomic E-state index is -0.545. The van der Waals surface area contributed by atoms with Gasteiger partial charge in [0, 0.05) is 38.6 Å². The molecule has 1 aliphatic rings. The van der Waals surface area contributed by atoms with Crippen LogP contribution in [-0.2, 0) is 9.53 Å². The second-order valence-electron chi connectivity index (χ2n) is 5.64. The predicted molar refractivity (Wildman–Crippen MR) is 94.8 cm³/mol. The number of ether oxygens (including phenoxy) is 1. The first-order valence-electron chi connectivity index (χ1n) is 7.99. The fraction of sp³-hybridized carbons (Fsp3) is 0.278. The van der Waals surface area contributed by atoms with Crippen LogP contribution in [0.5, 0.6) is 0 Å². The molecule has 1 saturated heterocycles. The molecule has 0 aliphatic carbocycles. The fourth-order valence-corrected chi connectivity index (χ4v) is 2.95. The minimum Gasteiger partial charge on any atom is -0.452 e. The summed E-state index contributed by atoms with van der Waals surface area (Å²) < 4.78 is 5.07. The third kappa shape index (κ3) is 4.28. The van der Waals surface area contributed by atoms with Gasteiger partial charge in [0.1, 0.15) is 0 Å². The average Bonchev–Trinajstić information content (AvgIpc) is 2.67. The van der Waals surface area contributed by atoms with E-state index in [1.54, 1.807) is 23.2 Å². The van der Waals surface area contributed by atoms with E-state index in [2.05, 4.69) is 9.88 Å². The van der Waals surface area contributed by atoms with Crippen molar-refractivity contribution >= 4 is 29.2 Å². The molecule has 6 nitrogen and oxygen atoms in total. The Morgan fingerprint density at radius 1 is 1.08 bits per heavy atom. The first-order chi connectivity index (χ1) is 12.1. The third-order valence-corrected chi connectivity index (χ3v) is 4.37. The maximum atomic E-state index is 12.2. The number of pyridine rings is 1. The third-order valence-electron chi connectivity index (χ3n) is 4.05. The molecule has 130 valence electrons. The van der Waals surface area contributed by atoms with E-state index >= 15 is 0 Å². The van der Waals surface area contributed by atoms with Crippen molar-refractivity contribution < 1.29 is 14.3 Å². The number of amides is 1. The number of anilines is 1. The highest BCUT2D eigenvalue weighted by Gasteiger charge is 2.23. The lowest BCUT2D eigenvalue weighted by molar-refractivity contribution is -0.134. The zero-order valence-corrected chi connectivity index (χ0v) is 14.4. The number of benzene rings is 1. The van der Waals surface area contributed by atoms with Gasteiger partial charge in [-0.1, -0.05) is 23.7 Å². The molecule has 1 amide bonds. The van der Waals surface area contributed by atoms with Crippen LogP contribution in [0.25, 0.3) is 0 Å². The first-order valence-corrected chi connectivity index (χ1v) is 8.37. The molecule has 0 spiro atoms. The maximum Gasteiger partial charge on any atom is 0.340 e. The van der Waals surface area contributed by atoms with Crippen molar-refractivity contribution in [2.75, 3.05) is 37.7 Å². The van der Waals surface area contributed by atoms with Crippen LogP contribution in [0, 0.1) is 0 Å². The van der Waals surface area contributed by atoms with E-state index in [4.69, 9.17) is 16.3 Å². The lowest BCUT2D eigenvalue weighted by atomic mass is 10.2. The maximum absolute atomic E-state index is 12.2. The van der Waals surface area contributed by atoms with Crippen LogP contribution in [0.3, 0.4) is 0 Å². The number of rotatable bonds is 4. The molecule has 0 bridgehead atoms. The molecule has 1 aromatic heterocycles. The topological polar surface area (TPSA) is 62.7 Å². The number of para-hydroxylation sites is 1. The molecule has 0 atom stereocenters. The van der Waals surface area contributed by atoms with Gasteiger partial charge in [0.15, 0.2) is 6.61 Å². The van der Waals surface area contributed by atoms with Crippen molar-refractivity contribution in [1.82, 2.24) is 9.88 Å². The average molecular weight is 360 g/mol. The van der Waals surface area contributed by atoms with E-state index in [0.717, 1.165) is 5.69 Å². The second kappa shape index (κ2) is 7.98. The Morgan fingerprint density at radius 2 is 1.84 bits per heavy atom. The molecule has 1 aliphatic heterocycles. The molecule has 0 unspecified atom stereocenters. The summed E-state index contributed by atoms with van der Waals surface area (Å²) >= 11 is 6.21. The Labute approximate surface area is 151 Å². The van der Waals surface area contributed by atoms with Crippen molar-refractivity contribution in [2.24, 2.45) is 0 Å². The Morgan fingerprint density at radius 3 is 2.52 bits per heavy atom. The lowest BCUT2D eigenvalue weighted by Crippen LogP contribution is -2.50. The van der Waals surface area contributed by atoms with E-state index in [0.29, 0.717) is 36.8 Å². The summed E-state index contributed by atoms with van der Waals surface area (Å²) in [6, 6.07) is 10.9. The van der Waals surface area contributed by atoms with Gasteiger partial charge >= 0.3 is 5.97 Å². The van der Waals surface area contributed by atoms with Crippen LogP contribution >= 0.6 is 11.6 Å². The monoisotopic (exact) mass is 359 g/mol. The van der Waals surface area contributed by atoms with Crippen LogP contribution < -0.4 is 4.90 Å².